The third kappa shape index (κ3) is 5.55. The first-order chi connectivity index (χ1) is 14.1. The maximum absolute atomic E-state index is 12.4. The molecule has 2 amide bonds. The molecule has 0 aliphatic carbocycles. The molecule has 0 fully saturated rings. The zero-order valence-electron chi connectivity index (χ0n) is 16.1. The van der Waals surface area contributed by atoms with Crippen LogP contribution < -0.4 is 14.8 Å². The van der Waals surface area contributed by atoms with Gasteiger partial charge in [0.15, 0.2) is 11.5 Å². The van der Waals surface area contributed by atoms with Crippen LogP contribution in [0.15, 0.2) is 60.2 Å². The van der Waals surface area contributed by atoms with Crippen LogP contribution in [-0.4, -0.2) is 42.4 Å². The highest BCUT2D eigenvalue weighted by Gasteiger charge is 2.16. The standard InChI is InChI=1S/C21H21N3O4S/c1-24(21(26)19-6-4-10-29-19)13-20(25)23-16-7-8-17(27-2)18(11-16)28-14-15-5-3-9-22-12-15/h3-12H,13-14H2,1-2H3,(H,23,25). The number of carbonyl (C=O) groups excluding carboxylic acids is 2. The molecule has 2 aromatic heterocycles. The van der Waals surface area contributed by atoms with E-state index in [1.807, 2.05) is 17.5 Å². The van der Waals surface area contributed by atoms with Crippen molar-refractivity contribution in [1.29, 1.82) is 0 Å². The molecular formula is C21H21N3O4S. The molecule has 0 aliphatic heterocycles. The second-order valence-electron chi connectivity index (χ2n) is 6.20. The summed E-state index contributed by atoms with van der Waals surface area (Å²) < 4.78 is 11.2. The minimum atomic E-state index is -0.305. The minimum absolute atomic E-state index is 0.0609. The van der Waals surface area contributed by atoms with E-state index in [0.29, 0.717) is 28.7 Å². The molecule has 3 aromatic rings. The van der Waals surface area contributed by atoms with E-state index in [-0.39, 0.29) is 18.4 Å². The predicted molar refractivity (Wildman–Crippen MR) is 111 cm³/mol. The summed E-state index contributed by atoms with van der Waals surface area (Å²) in [6.07, 6.45) is 3.42. The summed E-state index contributed by atoms with van der Waals surface area (Å²) in [5.41, 5.74) is 1.46. The number of ether oxygens (including phenoxy) is 2. The van der Waals surface area contributed by atoms with Gasteiger partial charge in [-0.15, -0.1) is 11.3 Å². The Bertz CT molecular complexity index is 961. The van der Waals surface area contributed by atoms with E-state index in [1.165, 1.54) is 16.2 Å². The fourth-order valence-electron chi connectivity index (χ4n) is 2.59. The summed E-state index contributed by atoms with van der Waals surface area (Å²) in [5.74, 6) is 0.556. The molecule has 0 aliphatic rings. The molecule has 0 saturated heterocycles. The number of hydrogen-bond acceptors (Lipinski definition) is 6. The summed E-state index contributed by atoms with van der Waals surface area (Å²) in [4.78, 5) is 30.7. The number of thiophene rings is 1. The van der Waals surface area contributed by atoms with Gasteiger partial charge in [-0.1, -0.05) is 12.1 Å². The van der Waals surface area contributed by atoms with Gasteiger partial charge in [-0.2, -0.15) is 0 Å². The molecular weight excluding hydrogens is 390 g/mol. The van der Waals surface area contributed by atoms with Crippen LogP contribution in [0.3, 0.4) is 0 Å². The molecule has 0 saturated carbocycles. The van der Waals surface area contributed by atoms with Crippen molar-refractivity contribution < 1.29 is 19.1 Å². The van der Waals surface area contributed by atoms with E-state index in [9.17, 15) is 9.59 Å². The Hall–Kier alpha value is -3.39. The number of carbonyl (C=O) groups is 2. The lowest BCUT2D eigenvalue weighted by Crippen LogP contribution is -2.34. The monoisotopic (exact) mass is 411 g/mol. The smallest absolute Gasteiger partial charge is 0.264 e. The summed E-state index contributed by atoms with van der Waals surface area (Å²) in [6, 6.07) is 12.4. The Morgan fingerprint density at radius 1 is 1.17 bits per heavy atom. The molecule has 150 valence electrons. The van der Waals surface area contributed by atoms with Gasteiger partial charge < -0.3 is 19.7 Å². The summed E-state index contributed by atoms with van der Waals surface area (Å²) in [6.45, 7) is 0.258. The van der Waals surface area contributed by atoms with Crippen LogP contribution in [0, 0.1) is 0 Å². The average Bonchev–Trinajstić information content (AvgIpc) is 3.27. The Morgan fingerprint density at radius 2 is 2.03 bits per heavy atom. The molecule has 2 heterocycles. The van der Waals surface area contributed by atoms with Crippen LogP contribution in [0.25, 0.3) is 0 Å². The normalized spacial score (nSPS) is 10.3. The molecule has 3 rings (SSSR count). The topological polar surface area (TPSA) is 80.8 Å². The molecule has 8 heteroatoms. The van der Waals surface area contributed by atoms with Crippen molar-refractivity contribution in [2.75, 3.05) is 26.0 Å². The summed E-state index contributed by atoms with van der Waals surface area (Å²) >= 11 is 1.34. The lowest BCUT2D eigenvalue weighted by atomic mass is 10.2. The Balaban J connectivity index is 1.62. The lowest BCUT2D eigenvalue weighted by molar-refractivity contribution is -0.116. The fraction of sp³-hybridized carbons (Fsp3) is 0.190. The number of benzene rings is 1. The average molecular weight is 411 g/mol. The number of rotatable bonds is 8. The van der Waals surface area contributed by atoms with E-state index in [4.69, 9.17) is 9.47 Å². The van der Waals surface area contributed by atoms with Crippen molar-refractivity contribution in [2.45, 2.75) is 6.61 Å². The highest BCUT2D eigenvalue weighted by Crippen LogP contribution is 2.31. The number of amides is 2. The van der Waals surface area contributed by atoms with Gasteiger partial charge in [-0.25, -0.2) is 0 Å². The molecule has 0 unspecified atom stereocenters. The van der Waals surface area contributed by atoms with Crippen molar-refractivity contribution in [2.24, 2.45) is 0 Å². The van der Waals surface area contributed by atoms with Gasteiger partial charge >= 0.3 is 0 Å². The van der Waals surface area contributed by atoms with Crippen LogP contribution >= 0.6 is 11.3 Å². The van der Waals surface area contributed by atoms with Crippen LogP contribution in [0.5, 0.6) is 11.5 Å². The number of anilines is 1. The lowest BCUT2D eigenvalue weighted by Gasteiger charge is -2.17. The van der Waals surface area contributed by atoms with Crippen LogP contribution in [0.2, 0.25) is 0 Å². The number of hydrogen-bond donors (Lipinski definition) is 1. The second kappa shape index (κ2) is 9.70. The van der Waals surface area contributed by atoms with Gasteiger partial charge in [0.1, 0.15) is 6.61 Å². The fourth-order valence-corrected chi connectivity index (χ4v) is 3.31. The van der Waals surface area contributed by atoms with E-state index < -0.39 is 0 Å². The summed E-state index contributed by atoms with van der Waals surface area (Å²) in [5, 5.41) is 4.61. The van der Waals surface area contributed by atoms with Gasteiger partial charge in [0.2, 0.25) is 5.91 Å². The molecule has 0 atom stereocenters. The van der Waals surface area contributed by atoms with Crippen LogP contribution in [0.1, 0.15) is 15.2 Å². The largest absolute Gasteiger partial charge is 0.493 e. The quantitative estimate of drug-likeness (QED) is 0.614. The number of nitrogens with one attached hydrogen (secondary N) is 1. The molecule has 0 radical (unpaired) electrons. The van der Waals surface area contributed by atoms with Gasteiger partial charge in [-0.05, 0) is 29.6 Å². The molecule has 29 heavy (non-hydrogen) atoms. The minimum Gasteiger partial charge on any atom is -0.493 e. The highest BCUT2D eigenvalue weighted by atomic mass is 32.1. The molecule has 7 nitrogen and oxygen atoms in total. The second-order valence-corrected chi connectivity index (χ2v) is 7.15. The van der Waals surface area contributed by atoms with Crippen molar-refractivity contribution in [1.82, 2.24) is 9.88 Å². The van der Waals surface area contributed by atoms with Crippen molar-refractivity contribution in [3.63, 3.8) is 0 Å². The summed E-state index contributed by atoms with van der Waals surface area (Å²) in [7, 11) is 3.15. The molecule has 0 spiro atoms. The van der Waals surface area contributed by atoms with Crippen LogP contribution in [-0.2, 0) is 11.4 Å². The van der Waals surface area contributed by atoms with E-state index >= 15 is 0 Å². The first-order valence-corrected chi connectivity index (χ1v) is 9.73. The Kier molecular flexibility index (Phi) is 6.80. The van der Waals surface area contributed by atoms with Gasteiger partial charge in [-0.3, -0.25) is 14.6 Å². The van der Waals surface area contributed by atoms with Gasteiger partial charge in [0, 0.05) is 36.8 Å². The zero-order chi connectivity index (χ0) is 20.6. The van der Waals surface area contributed by atoms with Crippen molar-refractivity contribution in [3.8, 4) is 11.5 Å². The van der Waals surface area contributed by atoms with E-state index in [2.05, 4.69) is 10.3 Å². The third-order valence-electron chi connectivity index (χ3n) is 4.02. The van der Waals surface area contributed by atoms with Gasteiger partial charge in [0.25, 0.3) is 5.91 Å². The van der Waals surface area contributed by atoms with Gasteiger partial charge in [0.05, 0.1) is 18.5 Å². The Morgan fingerprint density at radius 3 is 2.72 bits per heavy atom. The number of nitrogens with zero attached hydrogens (tertiary/aromatic N) is 2. The maximum Gasteiger partial charge on any atom is 0.264 e. The number of pyridine rings is 1. The predicted octanol–water partition coefficient (Wildman–Crippen LogP) is 3.44. The molecule has 1 aromatic carbocycles. The van der Waals surface area contributed by atoms with E-state index in [0.717, 1.165) is 5.56 Å². The zero-order valence-corrected chi connectivity index (χ0v) is 16.9. The maximum atomic E-state index is 12.4. The first kappa shape index (κ1) is 20.3. The number of aromatic nitrogens is 1. The Labute approximate surface area is 172 Å². The van der Waals surface area contributed by atoms with E-state index in [1.54, 1.807) is 56.9 Å². The first-order valence-electron chi connectivity index (χ1n) is 8.85. The van der Waals surface area contributed by atoms with Crippen molar-refractivity contribution >= 4 is 28.8 Å². The third-order valence-corrected chi connectivity index (χ3v) is 4.88. The molecule has 1 N–H and O–H groups in total. The highest BCUT2D eigenvalue weighted by molar-refractivity contribution is 7.12. The molecule has 0 bridgehead atoms. The SMILES string of the molecule is COc1ccc(NC(=O)CN(C)C(=O)c2cccs2)cc1OCc1cccnc1. The van der Waals surface area contributed by atoms with Crippen LogP contribution in [0.4, 0.5) is 5.69 Å². The number of likely N-dealkylation sites (N-methyl/N-ethyl adjacent to an activating group) is 1. The van der Waals surface area contributed by atoms with Crippen molar-refractivity contribution in [3.05, 3.63) is 70.7 Å². The number of methoxy groups -OCH3 is 1.